The van der Waals surface area contributed by atoms with E-state index in [1.165, 1.54) is 12.8 Å². The fraction of sp³-hybridized carbons (Fsp3) is 0.867. The van der Waals surface area contributed by atoms with Crippen molar-refractivity contribution in [3.8, 4) is 0 Å². The monoisotopic (exact) mass is 240 g/mol. The third-order valence-electron chi connectivity index (χ3n) is 4.58. The molecule has 0 aliphatic heterocycles. The van der Waals surface area contributed by atoms with E-state index in [0.717, 1.165) is 12.3 Å². The van der Waals surface area contributed by atoms with Gasteiger partial charge in [0, 0.05) is 0 Å². The van der Waals surface area contributed by atoms with Crippen LogP contribution in [0, 0.1) is 23.2 Å². The summed E-state index contributed by atoms with van der Waals surface area (Å²) in [7, 11) is 0. The second-order valence-electron chi connectivity index (χ2n) is 6.39. The standard InChI is InChI=1S/C15H28O2/c1-6-10(2)7-8-12-11(3)14(17)13(16)9-15(12,4)5/h9-12,14,16-17H,6-8H2,1-5H3. The van der Waals surface area contributed by atoms with Gasteiger partial charge in [0.15, 0.2) is 0 Å². The zero-order valence-corrected chi connectivity index (χ0v) is 11.9. The van der Waals surface area contributed by atoms with Crippen molar-refractivity contribution in [3.63, 3.8) is 0 Å². The molecule has 2 N–H and O–H groups in total. The molecule has 0 bridgehead atoms. The van der Waals surface area contributed by atoms with Gasteiger partial charge >= 0.3 is 0 Å². The van der Waals surface area contributed by atoms with Crippen molar-refractivity contribution in [2.24, 2.45) is 23.2 Å². The molecule has 0 amide bonds. The summed E-state index contributed by atoms with van der Waals surface area (Å²) in [5.74, 6) is 1.48. The number of hydrogen-bond donors (Lipinski definition) is 2. The zero-order chi connectivity index (χ0) is 13.2. The van der Waals surface area contributed by atoms with E-state index in [1.54, 1.807) is 0 Å². The molecule has 4 atom stereocenters. The maximum atomic E-state index is 9.95. The first-order chi connectivity index (χ1) is 7.79. The number of aliphatic hydroxyl groups excluding tert-OH is 2. The van der Waals surface area contributed by atoms with Gasteiger partial charge in [-0.1, -0.05) is 47.5 Å². The van der Waals surface area contributed by atoms with Crippen molar-refractivity contribution in [3.05, 3.63) is 11.8 Å². The summed E-state index contributed by atoms with van der Waals surface area (Å²) >= 11 is 0. The van der Waals surface area contributed by atoms with E-state index >= 15 is 0 Å². The molecule has 2 heteroatoms. The first kappa shape index (κ1) is 14.6. The molecule has 0 fully saturated rings. The summed E-state index contributed by atoms with van der Waals surface area (Å²) < 4.78 is 0. The second kappa shape index (κ2) is 5.43. The van der Waals surface area contributed by atoms with Gasteiger partial charge in [-0.2, -0.15) is 0 Å². The molecule has 0 spiro atoms. The zero-order valence-electron chi connectivity index (χ0n) is 11.9. The molecule has 0 radical (unpaired) electrons. The van der Waals surface area contributed by atoms with E-state index in [-0.39, 0.29) is 17.1 Å². The SMILES string of the molecule is CCC(C)CCC1C(C)C(O)C(O)=CC1(C)C. The van der Waals surface area contributed by atoms with Gasteiger partial charge in [0.2, 0.25) is 0 Å². The van der Waals surface area contributed by atoms with Crippen molar-refractivity contribution >= 4 is 0 Å². The van der Waals surface area contributed by atoms with Crippen molar-refractivity contribution in [2.75, 3.05) is 0 Å². The lowest BCUT2D eigenvalue weighted by Crippen LogP contribution is -2.40. The molecule has 1 aliphatic carbocycles. The first-order valence-electron chi connectivity index (χ1n) is 6.89. The van der Waals surface area contributed by atoms with Gasteiger partial charge in [-0.3, -0.25) is 0 Å². The lowest BCUT2D eigenvalue weighted by Gasteiger charge is -2.42. The van der Waals surface area contributed by atoms with Gasteiger partial charge in [-0.05, 0) is 35.7 Å². The van der Waals surface area contributed by atoms with Crippen LogP contribution in [-0.4, -0.2) is 16.3 Å². The molecule has 0 saturated carbocycles. The van der Waals surface area contributed by atoms with Crippen molar-refractivity contribution in [1.29, 1.82) is 0 Å². The lowest BCUT2D eigenvalue weighted by molar-refractivity contribution is 0.0163. The van der Waals surface area contributed by atoms with E-state index in [0.29, 0.717) is 5.92 Å². The number of hydrogen-bond acceptors (Lipinski definition) is 2. The highest BCUT2D eigenvalue weighted by Crippen LogP contribution is 2.44. The Hall–Kier alpha value is -0.500. The second-order valence-corrected chi connectivity index (χ2v) is 6.39. The summed E-state index contributed by atoms with van der Waals surface area (Å²) in [6.45, 7) is 10.9. The molecule has 0 aromatic heterocycles. The smallest absolute Gasteiger partial charge is 0.118 e. The minimum atomic E-state index is -0.676. The Morgan fingerprint density at radius 2 is 2.00 bits per heavy atom. The fourth-order valence-corrected chi connectivity index (χ4v) is 3.04. The molecular formula is C15H28O2. The van der Waals surface area contributed by atoms with Crippen LogP contribution in [0.25, 0.3) is 0 Å². The molecule has 0 saturated heterocycles. The number of aliphatic hydroxyl groups is 2. The van der Waals surface area contributed by atoms with Gasteiger partial charge < -0.3 is 10.2 Å². The van der Waals surface area contributed by atoms with E-state index < -0.39 is 6.10 Å². The maximum Gasteiger partial charge on any atom is 0.118 e. The molecule has 17 heavy (non-hydrogen) atoms. The summed E-state index contributed by atoms with van der Waals surface area (Å²) in [6.07, 6.45) is 4.72. The van der Waals surface area contributed by atoms with Crippen molar-refractivity contribution in [2.45, 2.75) is 60.0 Å². The van der Waals surface area contributed by atoms with Crippen LogP contribution >= 0.6 is 0 Å². The van der Waals surface area contributed by atoms with Gasteiger partial charge in [0.05, 0.1) is 0 Å². The Kier molecular flexibility index (Phi) is 4.65. The Bertz CT molecular complexity index is 281. The van der Waals surface area contributed by atoms with Gasteiger partial charge in [0.25, 0.3) is 0 Å². The topological polar surface area (TPSA) is 40.5 Å². The average molecular weight is 240 g/mol. The maximum absolute atomic E-state index is 9.95. The van der Waals surface area contributed by atoms with E-state index in [2.05, 4.69) is 34.6 Å². The first-order valence-corrected chi connectivity index (χ1v) is 6.89. The van der Waals surface area contributed by atoms with Crippen LogP contribution in [0.15, 0.2) is 11.8 Å². The highest BCUT2D eigenvalue weighted by atomic mass is 16.3. The molecule has 0 heterocycles. The highest BCUT2D eigenvalue weighted by molar-refractivity contribution is 5.14. The number of allylic oxidation sites excluding steroid dienone is 1. The lowest BCUT2D eigenvalue weighted by atomic mass is 9.64. The third-order valence-corrected chi connectivity index (χ3v) is 4.58. The summed E-state index contributed by atoms with van der Waals surface area (Å²) in [5.41, 5.74) is -0.0177. The minimum absolute atomic E-state index is 0.0177. The average Bonchev–Trinajstić information content (AvgIpc) is 2.24. The normalized spacial score (nSPS) is 34.2. The van der Waals surface area contributed by atoms with Crippen molar-refractivity contribution in [1.82, 2.24) is 0 Å². The van der Waals surface area contributed by atoms with Gasteiger partial charge in [-0.25, -0.2) is 0 Å². The molecular weight excluding hydrogens is 212 g/mol. The van der Waals surface area contributed by atoms with Crippen LogP contribution in [-0.2, 0) is 0 Å². The molecule has 0 aromatic rings. The molecule has 2 nitrogen and oxygen atoms in total. The van der Waals surface area contributed by atoms with Crippen LogP contribution in [0.2, 0.25) is 0 Å². The van der Waals surface area contributed by atoms with Crippen LogP contribution < -0.4 is 0 Å². The van der Waals surface area contributed by atoms with Gasteiger partial charge in [0.1, 0.15) is 11.9 Å². The molecule has 1 rings (SSSR count). The van der Waals surface area contributed by atoms with Crippen LogP contribution in [0.4, 0.5) is 0 Å². The summed E-state index contributed by atoms with van der Waals surface area (Å²) in [5, 5.41) is 19.7. The fourth-order valence-electron chi connectivity index (χ4n) is 3.04. The van der Waals surface area contributed by atoms with E-state index in [4.69, 9.17) is 0 Å². The van der Waals surface area contributed by atoms with Crippen LogP contribution in [0.1, 0.15) is 53.9 Å². The number of rotatable bonds is 4. The third kappa shape index (κ3) is 3.25. The quantitative estimate of drug-likeness (QED) is 0.782. The Balaban J connectivity index is 2.76. The molecule has 0 aromatic carbocycles. The van der Waals surface area contributed by atoms with E-state index in [9.17, 15) is 10.2 Å². The van der Waals surface area contributed by atoms with E-state index in [1.807, 2.05) is 6.08 Å². The minimum Gasteiger partial charge on any atom is -0.510 e. The molecule has 1 aliphatic rings. The van der Waals surface area contributed by atoms with Crippen molar-refractivity contribution < 1.29 is 10.2 Å². The highest BCUT2D eigenvalue weighted by Gasteiger charge is 2.41. The van der Waals surface area contributed by atoms with Crippen LogP contribution in [0.3, 0.4) is 0 Å². The molecule has 100 valence electrons. The summed E-state index contributed by atoms with van der Waals surface area (Å²) in [4.78, 5) is 0. The Labute approximate surface area is 106 Å². The van der Waals surface area contributed by atoms with Crippen LogP contribution in [0.5, 0.6) is 0 Å². The Morgan fingerprint density at radius 3 is 2.53 bits per heavy atom. The summed E-state index contributed by atoms with van der Waals surface area (Å²) in [6, 6.07) is 0. The Morgan fingerprint density at radius 1 is 1.41 bits per heavy atom. The predicted octanol–water partition coefficient (Wildman–Crippen LogP) is 3.91. The molecule has 4 unspecified atom stereocenters. The largest absolute Gasteiger partial charge is 0.510 e. The van der Waals surface area contributed by atoms with Gasteiger partial charge in [-0.15, -0.1) is 0 Å². The predicted molar refractivity (Wildman–Crippen MR) is 71.8 cm³/mol.